The predicted octanol–water partition coefficient (Wildman–Crippen LogP) is 3.00. The number of hydrogen-bond acceptors (Lipinski definition) is 4. The van der Waals surface area contributed by atoms with Crippen molar-refractivity contribution in [2.45, 2.75) is 6.92 Å². The van der Waals surface area contributed by atoms with E-state index in [1.165, 1.54) is 0 Å². The van der Waals surface area contributed by atoms with Crippen molar-refractivity contribution in [1.29, 1.82) is 0 Å². The molecule has 0 aliphatic carbocycles. The molecule has 2 rings (SSSR count). The molecule has 0 aliphatic rings. The van der Waals surface area contributed by atoms with Gasteiger partial charge in [-0.15, -0.1) is 0 Å². The van der Waals surface area contributed by atoms with E-state index in [-0.39, 0.29) is 18.2 Å². The highest BCUT2D eigenvalue weighted by Crippen LogP contribution is 2.19. The number of nitrogens with zero attached hydrogens (tertiary/aromatic N) is 1. The zero-order valence-corrected chi connectivity index (χ0v) is 12.8. The standard InChI is InChI=1S/C16H16ClN3O2/c1-11(12-6-2-5-9-15(12)21)19-20-16(22)10-18-14-8-4-3-7-13(14)17/h2-9,18,21H,10H2,1H3,(H,20,22)/b19-11-. The first-order valence-electron chi connectivity index (χ1n) is 6.68. The van der Waals surface area contributed by atoms with Gasteiger partial charge < -0.3 is 10.4 Å². The zero-order chi connectivity index (χ0) is 15.9. The van der Waals surface area contributed by atoms with Gasteiger partial charge in [-0.25, -0.2) is 5.43 Å². The second-order valence-corrected chi connectivity index (χ2v) is 4.99. The maximum atomic E-state index is 11.8. The van der Waals surface area contributed by atoms with E-state index in [0.29, 0.717) is 22.0 Å². The highest BCUT2D eigenvalue weighted by atomic mass is 35.5. The number of phenolic OH excluding ortho intramolecular Hbond substituents is 1. The van der Waals surface area contributed by atoms with Crippen LogP contribution in [0, 0.1) is 0 Å². The Hall–Kier alpha value is -2.53. The smallest absolute Gasteiger partial charge is 0.259 e. The van der Waals surface area contributed by atoms with Crippen molar-refractivity contribution in [1.82, 2.24) is 5.43 Å². The number of phenols is 1. The van der Waals surface area contributed by atoms with E-state index in [0.717, 1.165) is 0 Å². The third kappa shape index (κ3) is 4.23. The van der Waals surface area contributed by atoms with E-state index in [1.807, 2.05) is 12.1 Å². The van der Waals surface area contributed by atoms with E-state index in [2.05, 4.69) is 15.8 Å². The molecule has 0 unspecified atom stereocenters. The van der Waals surface area contributed by atoms with Crippen LogP contribution in [-0.2, 0) is 4.79 Å². The van der Waals surface area contributed by atoms with Gasteiger partial charge in [-0.1, -0.05) is 35.9 Å². The number of amides is 1. The molecule has 2 aromatic rings. The minimum Gasteiger partial charge on any atom is -0.507 e. The van der Waals surface area contributed by atoms with E-state index in [9.17, 15) is 9.90 Å². The molecular weight excluding hydrogens is 302 g/mol. The lowest BCUT2D eigenvalue weighted by atomic mass is 10.1. The number of benzene rings is 2. The fraction of sp³-hybridized carbons (Fsp3) is 0.125. The number of hydrazone groups is 1. The SMILES string of the molecule is C/C(=N/NC(=O)CNc1ccccc1Cl)c1ccccc1O. The third-order valence-electron chi connectivity index (χ3n) is 2.96. The Bertz CT molecular complexity index is 701. The van der Waals surface area contributed by atoms with Gasteiger partial charge in [-0.3, -0.25) is 4.79 Å². The fourth-order valence-corrected chi connectivity index (χ4v) is 2.01. The van der Waals surface area contributed by atoms with Crippen LogP contribution < -0.4 is 10.7 Å². The summed E-state index contributed by atoms with van der Waals surface area (Å²) in [5.74, 6) is -0.193. The van der Waals surface area contributed by atoms with Crippen LogP contribution in [0.3, 0.4) is 0 Å². The summed E-state index contributed by atoms with van der Waals surface area (Å²) >= 11 is 5.98. The maximum absolute atomic E-state index is 11.8. The highest BCUT2D eigenvalue weighted by molar-refractivity contribution is 6.33. The van der Waals surface area contributed by atoms with E-state index in [4.69, 9.17) is 11.6 Å². The lowest BCUT2D eigenvalue weighted by Crippen LogP contribution is -2.26. The second-order valence-electron chi connectivity index (χ2n) is 4.58. The van der Waals surface area contributed by atoms with Gasteiger partial charge in [0.2, 0.25) is 0 Å². The van der Waals surface area contributed by atoms with Crippen molar-refractivity contribution in [2.24, 2.45) is 5.10 Å². The Balaban J connectivity index is 1.91. The summed E-state index contributed by atoms with van der Waals surface area (Å²) in [7, 11) is 0. The van der Waals surface area contributed by atoms with Gasteiger partial charge in [0, 0.05) is 5.56 Å². The predicted molar refractivity (Wildman–Crippen MR) is 88.4 cm³/mol. The Morgan fingerprint density at radius 1 is 1.18 bits per heavy atom. The van der Waals surface area contributed by atoms with Crippen LogP contribution in [0.4, 0.5) is 5.69 Å². The minimum atomic E-state index is -0.310. The first-order valence-corrected chi connectivity index (χ1v) is 7.05. The van der Waals surface area contributed by atoms with E-state index < -0.39 is 0 Å². The van der Waals surface area contributed by atoms with Crippen molar-refractivity contribution < 1.29 is 9.90 Å². The molecule has 0 bridgehead atoms. The van der Waals surface area contributed by atoms with Gasteiger partial charge in [-0.05, 0) is 31.2 Å². The van der Waals surface area contributed by atoms with Crippen molar-refractivity contribution in [3.05, 3.63) is 59.1 Å². The van der Waals surface area contributed by atoms with Gasteiger partial charge in [0.05, 0.1) is 23.0 Å². The van der Waals surface area contributed by atoms with Crippen LogP contribution in [-0.4, -0.2) is 23.3 Å². The zero-order valence-electron chi connectivity index (χ0n) is 12.0. The molecule has 5 nitrogen and oxygen atoms in total. The first-order chi connectivity index (χ1) is 10.6. The molecule has 0 heterocycles. The average molecular weight is 318 g/mol. The summed E-state index contributed by atoms with van der Waals surface area (Å²) in [6.07, 6.45) is 0. The van der Waals surface area contributed by atoms with Crippen molar-refractivity contribution in [3.8, 4) is 5.75 Å². The van der Waals surface area contributed by atoms with Crippen LogP contribution >= 0.6 is 11.6 Å². The lowest BCUT2D eigenvalue weighted by Gasteiger charge is -2.08. The van der Waals surface area contributed by atoms with Gasteiger partial charge in [0.25, 0.3) is 5.91 Å². The first kappa shape index (κ1) is 15.9. The molecule has 0 aliphatic heterocycles. The molecule has 0 fully saturated rings. The van der Waals surface area contributed by atoms with Gasteiger partial charge in [0.1, 0.15) is 5.75 Å². The third-order valence-corrected chi connectivity index (χ3v) is 3.28. The molecule has 0 saturated carbocycles. The molecule has 3 N–H and O–H groups in total. The monoisotopic (exact) mass is 317 g/mol. The molecule has 0 saturated heterocycles. The van der Waals surface area contributed by atoms with Gasteiger partial charge >= 0.3 is 0 Å². The summed E-state index contributed by atoms with van der Waals surface area (Å²) in [6, 6.07) is 14.0. The molecule has 0 aromatic heterocycles. The summed E-state index contributed by atoms with van der Waals surface area (Å²) in [4.78, 5) is 11.8. The Morgan fingerprint density at radius 3 is 2.59 bits per heavy atom. The van der Waals surface area contributed by atoms with Crippen LogP contribution in [0.1, 0.15) is 12.5 Å². The Kier molecular flexibility index (Phi) is 5.38. The fourth-order valence-electron chi connectivity index (χ4n) is 1.81. The number of halogens is 1. The number of hydrogen-bond donors (Lipinski definition) is 3. The molecule has 1 amide bonds. The summed E-state index contributed by atoms with van der Waals surface area (Å²) in [6.45, 7) is 1.75. The number of rotatable bonds is 5. The van der Waals surface area contributed by atoms with Crippen LogP contribution in [0.5, 0.6) is 5.75 Å². The molecule has 0 radical (unpaired) electrons. The Morgan fingerprint density at radius 2 is 1.86 bits per heavy atom. The van der Waals surface area contributed by atoms with Gasteiger partial charge in [-0.2, -0.15) is 5.10 Å². The number of carbonyl (C=O) groups is 1. The van der Waals surface area contributed by atoms with Crippen LogP contribution in [0.2, 0.25) is 5.02 Å². The maximum Gasteiger partial charge on any atom is 0.259 e. The molecule has 22 heavy (non-hydrogen) atoms. The topological polar surface area (TPSA) is 73.7 Å². The van der Waals surface area contributed by atoms with Crippen molar-refractivity contribution in [2.75, 3.05) is 11.9 Å². The number of anilines is 1. The van der Waals surface area contributed by atoms with Crippen LogP contribution in [0.25, 0.3) is 0 Å². The number of para-hydroxylation sites is 2. The molecule has 0 spiro atoms. The highest BCUT2D eigenvalue weighted by Gasteiger charge is 2.05. The van der Waals surface area contributed by atoms with E-state index >= 15 is 0 Å². The van der Waals surface area contributed by atoms with Gasteiger partial charge in [0.15, 0.2) is 0 Å². The van der Waals surface area contributed by atoms with E-state index in [1.54, 1.807) is 43.3 Å². The molecule has 0 atom stereocenters. The van der Waals surface area contributed by atoms with Crippen molar-refractivity contribution in [3.63, 3.8) is 0 Å². The molecule has 2 aromatic carbocycles. The summed E-state index contributed by atoms with van der Waals surface area (Å²) < 4.78 is 0. The number of carbonyl (C=O) groups excluding carboxylic acids is 1. The summed E-state index contributed by atoms with van der Waals surface area (Å²) in [5, 5.41) is 17.2. The van der Waals surface area contributed by atoms with Crippen molar-refractivity contribution >= 4 is 28.9 Å². The summed E-state index contributed by atoms with van der Waals surface area (Å²) in [5.41, 5.74) is 4.20. The average Bonchev–Trinajstić information content (AvgIpc) is 2.52. The quantitative estimate of drug-likeness (QED) is 0.586. The second kappa shape index (κ2) is 7.47. The normalized spacial score (nSPS) is 11.1. The van der Waals surface area contributed by atoms with Crippen LogP contribution in [0.15, 0.2) is 53.6 Å². The largest absolute Gasteiger partial charge is 0.507 e. The molecule has 114 valence electrons. The Labute approximate surface area is 133 Å². The molecule has 6 heteroatoms. The lowest BCUT2D eigenvalue weighted by molar-refractivity contribution is -0.119. The molecular formula is C16H16ClN3O2. The minimum absolute atomic E-state index is 0.0429. The number of aromatic hydroxyl groups is 1. The number of nitrogens with one attached hydrogen (secondary N) is 2.